The number of rotatable bonds is 6. The van der Waals surface area contributed by atoms with E-state index >= 15 is 0 Å². The smallest absolute Gasteiger partial charge is 0.305 e. The molecule has 0 spiro atoms. The summed E-state index contributed by atoms with van der Waals surface area (Å²) in [6.45, 7) is 0. The summed E-state index contributed by atoms with van der Waals surface area (Å²) in [5.74, 6) is 1.56. The van der Waals surface area contributed by atoms with Gasteiger partial charge in [-0.15, -0.1) is 0 Å². The number of nitrogens with one attached hydrogen (secondary N) is 1. The van der Waals surface area contributed by atoms with E-state index in [4.69, 9.17) is 19.5 Å². The Bertz CT molecular complexity index is 791. The lowest BCUT2D eigenvalue weighted by Gasteiger charge is -2.14. The van der Waals surface area contributed by atoms with Crippen LogP contribution in [0.1, 0.15) is 5.69 Å². The molecule has 0 aliphatic rings. The average molecular weight is 330 g/mol. The third-order valence-electron chi connectivity index (χ3n) is 3.11. The Kier molecular flexibility index (Phi) is 5.01. The highest BCUT2D eigenvalue weighted by Gasteiger charge is 2.17. The Balaban J connectivity index is 2.41. The second-order valence-electron chi connectivity index (χ2n) is 4.47. The van der Waals surface area contributed by atoms with Gasteiger partial charge in [0.05, 0.1) is 26.3 Å². The van der Waals surface area contributed by atoms with Crippen LogP contribution in [0, 0.1) is 21.4 Å². The fourth-order valence-corrected chi connectivity index (χ4v) is 2.05. The summed E-state index contributed by atoms with van der Waals surface area (Å²) in [5.41, 5.74) is -0.0832. The summed E-state index contributed by atoms with van der Waals surface area (Å²) in [6, 6.07) is 7.62. The highest BCUT2D eigenvalue weighted by Crippen LogP contribution is 2.40. The number of nitro groups is 1. The molecule has 9 heteroatoms. The van der Waals surface area contributed by atoms with E-state index < -0.39 is 4.92 Å². The molecular weight excluding hydrogens is 316 g/mol. The number of pyridine rings is 1. The Morgan fingerprint density at radius 1 is 1.17 bits per heavy atom. The Hall–Kier alpha value is -3.54. The highest BCUT2D eigenvalue weighted by molar-refractivity contribution is 5.67. The minimum absolute atomic E-state index is 0.270. The number of nitriles is 1. The Labute approximate surface area is 137 Å². The summed E-state index contributed by atoms with van der Waals surface area (Å²) in [5, 5.41) is 22.8. The fraction of sp³-hybridized carbons (Fsp3) is 0.200. The maximum Gasteiger partial charge on any atom is 0.305 e. The molecule has 0 aliphatic carbocycles. The number of benzene rings is 1. The van der Waals surface area contributed by atoms with Crippen molar-refractivity contribution in [1.29, 1.82) is 5.26 Å². The van der Waals surface area contributed by atoms with Crippen molar-refractivity contribution in [2.75, 3.05) is 26.6 Å². The first-order valence-electron chi connectivity index (χ1n) is 6.66. The number of nitrogens with zero attached hydrogens (tertiary/aromatic N) is 3. The van der Waals surface area contributed by atoms with Crippen LogP contribution >= 0.6 is 0 Å². The van der Waals surface area contributed by atoms with E-state index in [1.165, 1.54) is 33.5 Å². The SMILES string of the molecule is COc1cc(Nc2ccc([N+](=O)[O-])c(C#N)n2)cc(OC)c1OC. The van der Waals surface area contributed by atoms with E-state index in [9.17, 15) is 10.1 Å². The van der Waals surface area contributed by atoms with Crippen LogP contribution in [0.25, 0.3) is 0 Å². The van der Waals surface area contributed by atoms with Crippen molar-refractivity contribution < 1.29 is 19.1 Å². The standard InChI is InChI=1S/C15H14N4O5/c1-22-12-6-9(7-13(23-2)15(12)24-3)17-14-5-4-11(19(20)21)10(8-16)18-14/h4-7H,1-3H3,(H,17,18). The summed E-state index contributed by atoms with van der Waals surface area (Å²) in [7, 11) is 4.46. The van der Waals surface area contributed by atoms with E-state index in [1.807, 2.05) is 0 Å². The number of ether oxygens (including phenoxy) is 3. The first-order valence-corrected chi connectivity index (χ1v) is 6.66. The number of hydrogen-bond donors (Lipinski definition) is 1. The van der Waals surface area contributed by atoms with Crippen LogP contribution in [-0.2, 0) is 0 Å². The van der Waals surface area contributed by atoms with Crippen LogP contribution in [-0.4, -0.2) is 31.2 Å². The zero-order valence-electron chi connectivity index (χ0n) is 13.2. The van der Waals surface area contributed by atoms with E-state index in [0.717, 1.165) is 0 Å². The van der Waals surface area contributed by atoms with Gasteiger partial charge in [0.15, 0.2) is 11.5 Å². The van der Waals surface area contributed by atoms with Gasteiger partial charge in [-0.2, -0.15) is 5.26 Å². The molecule has 0 amide bonds. The van der Waals surface area contributed by atoms with Gasteiger partial charge < -0.3 is 19.5 Å². The lowest BCUT2D eigenvalue weighted by molar-refractivity contribution is -0.385. The molecule has 1 aromatic heterocycles. The normalized spacial score (nSPS) is 9.75. The van der Waals surface area contributed by atoms with E-state index in [2.05, 4.69) is 10.3 Å². The van der Waals surface area contributed by atoms with E-state index in [-0.39, 0.29) is 17.2 Å². The highest BCUT2D eigenvalue weighted by atomic mass is 16.6. The van der Waals surface area contributed by atoms with Crippen molar-refractivity contribution in [2.45, 2.75) is 0 Å². The van der Waals surface area contributed by atoms with E-state index in [1.54, 1.807) is 18.2 Å². The van der Waals surface area contributed by atoms with Crippen LogP contribution in [0.15, 0.2) is 24.3 Å². The van der Waals surface area contributed by atoms with Gasteiger partial charge in [-0.1, -0.05) is 0 Å². The van der Waals surface area contributed by atoms with Crippen LogP contribution in [0.2, 0.25) is 0 Å². The number of hydrogen-bond acceptors (Lipinski definition) is 8. The lowest BCUT2D eigenvalue weighted by Crippen LogP contribution is -2.01. The minimum Gasteiger partial charge on any atom is -0.493 e. The molecule has 0 unspecified atom stereocenters. The van der Waals surface area contributed by atoms with Gasteiger partial charge in [0, 0.05) is 23.9 Å². The third kappa shape index (κ3) is 3.27. The average Bonchev–Trinajstić information content (AvgIpc) is 2.60. The summed E-state index contributed by atoms with van der Waals surface area (Å²) in [6.07, 6.45) is 0. The van der Waals surface area contributed by atoms with Crippen LogP contribution < -0.4 is 19.5 Å². The summed E-state index contributed by atoms with van der Waals surface area (Å²) >= 11 is 0. The molecule has 0 atom stereocenters. The summed E-state index contributed by atoms with van der Waals surface area (Å²) in [4.78, 5) is 14.1. The van der Waals surface area contributed by atoms with Crippen LogP contribution in [0.3, 0.4) is 0 Å². The molecule has 0 bridgehead atoms. The van der Waals surface area contributed by atoms with Gasteiger partial charge in [0.2, 0.25) is 11.4 Å². The fourth-order valence-electron chi connectivity index (χ4n) is 2.05. The van der Waals surface area contributed by atoms with Crippen molar-refractivity contribution in [1.82, 2.24) is 4.98 Å². The Morgan fingerprint density at radius 3 is 2.25 bits per heavy atom. The topological polar surface area (TPSA) is 120 Å². The largest absolute Gasteiger partial charge is 0.493 e. The number of aromatic nitrogens is 1. The van der Waals surface area contributed by atoms with Gasteiger partial charge in [0.1, 0.15) is 11.9 Å². The third-order valence-corrected chi connectivity index (χ3v) is 3.11. The molecule has 9 nitrogen and oxygen atoms in total. The van der Waals surface area contributed by atoms with Crippen molar-refractivity contribution in [3.63, 3.8) is 0 Å². The van der Waals surface area contributed by atoms with Crippen molar-refractivity contribution >= 4 is 17.2 Å². The van der Waals surface area contributed by atoms with Crippen molar-refractivity contribution in [2.24, 2.45) is 0 Å². The molecule has 1 aromatic carbocycles. The molecular formula is C15H14N4O5. The van der Waals surface area contributed by atoms with Gasteiger partial charge in [-0.3, -0.25) is 10.1 Å². The van der Waals surface area contributed by atoms with Crippen molar-refractivity contribution in [3.8, 4) is 23.3 Å². The maximum absolute atomic E-state index is 10.8. The zero-order chi connectivity index (χ0) is 17.7. The zero-order valence-corrected chi connectivity index (χ0v) is 13.2. The Morgan fingerprint density at radius 2 is 1.79 bits per heavy atom. The molecule has 1 N–H and O–H groups in total. The minimum atomic E-state index is -0.658. The first kappa shape index (κ1) is 16.8. The molecule has 2 rings (SSSR count). The van der Waals surface area contributed by atoms with Gasteiger partial charge in [0.25, 0.3) is 0 Å². The molecule has 0 saturated carbocycles. The molecule has 2 aromatic rings. The second kappa shape index (κ2) is 7.15. The van der Waals surface area contributed by atoms with Gasteiger partial charge >= 0.3 is 5.69 Å². The lowest BCUT2D eigenvalue weighted by atomic mass is 10.2. The first-order chi connectivity index (χ1) is 11.5. The van der Waals surface area contributed by atoms with Crippen molar-refractivity contribution in [3.05, 3.63) is 40.1 Å². The van der Waals surface area contributed by atoms with Gasteiger partial charge in [-0.25, -0.2) is 4.98 Å². The number of methoxy groups -OCH3 is 3. The molecule has 24 heavy (non-hydrogen) atoms. The molecule has 1 heterocycles. The van der Waals surface area contributed by atoms with Crippen LogP contribution in [0.4, 0.5) is 17.2 Å². The predicted octanol–water partition coefficient (Wildman–Crippen LogP) is 2.63. The monoisotopic (exact) mass is 330 g/mol. The molecule has 0 fully saturated rings. The van der Waals surface area contributed by atoms with Crippen LogP contribution in [0.5, 0.6) is 17.2 Å². The van der Waals surface area contributed by atoms with E-state index in [0.29, 0.717) is 22.9 Å². The van der Waals surface area contributed by atoms with Gasteiger partial charge in [-0.05, 0) is 6.07 Å². The maximum atomic E-state index is 10.8. The number of anilines is 2. The molecule has 0 saturated heterocycles. The molecule has 0 aliphatic heterocycles. The molecule has 0 radical (unpaired) electrons. The predicted molar refractivity (Wildman–Crippen MR) is 85.0 cm³/mol. The molecule has 124 valence electrons. The summed E-state index contributed by atoms with van der Waals surface area (Å²) < 4.78 is 15.7. The second-order valence-corrected chi connectivity index (χ2v) is 4.47. The quantitative estimate of drug-likeness (QED) is 0.634.